The molecule has 0 bridgehead atoms. The number of carbonyl (C=O) groups excluding carboxylic acids is 1. The molecule has 18 heavy (non-hydrogen) atoms. The van der Waals surface area contributed by atoms with Gasteiger partial charge in [-0.15, -0.1) is 0 Å². The molecule has 0 atom stereocenters. The summed E-state index contributed by atoms with van der Waals surface area (Å²) in [5, 5.41) is 2.19. The van der Waals surface area contributed by atoms with E-state index in [1.54, 1.807) is 0 Å². The van der Waals surface area contributed by atoms with E-state index in [1.807, 2.05) is 42.5 Å². The molecule has 0 aliphatic heterocycles. The summed E-state index contributed by atoms with van der Waals surface area (Å²) in [4.78, 5) is 12.2. The number of ketones is 1. The van der Waals surface area contributed by atoms with Crippen molar-refractivity contribution in [3.63, 3.8) is 0 Å². The minimum atomic E-state index is 0.240. The summed E-state index contributed by atoms with van der Waals surface area (Å²) in [6, 6.07) is 14.0. The molecule has 0 aliphatic rings. The molecule has 0 aliphatic carbocycles. The van der Waals surface area contributed by atoms with Crippen LogP contribution in [0.5, 0.6) is 0 Å². The van der Waals surface area contributed by atoms with Crippen LogP contribution in [0.3, 0.4) is 0 Å². The van der Waals surface area contributed by atoms with Gasteiger partial charge in [0, 0.05) is 12.0 Å². The molecule has 2 radical (unpaired) electrons. The van der Waals surface area contributed by atoms with E-state index in [4.69, 9.17) is 7.85 Å². The summed E-state index contributed by atoms with van der Waals surface area (Å²) in [6.45, 7) is 0. The fourth-order valence-electron chi connectivity index (χ4n) is 2.21. The summed E-state index contributed by atoms with van der Waals surface area (Å²) < 4.78 is 0. The van der Waals surface area contributed by atoms with Crippen LogP contribution in [0.1, 0.15) is 36.0 Å². The van der Waals surface area contributed by atoms with Crippen molar-refractivity contribution in [3.8, 4) is 0 Å². The second kappa shape index (κ2) is 6.39. The highest BCUT2D eigenvalue weighted by Crippen LogP contribution is 2.20. The molecule has 0 saturated heterocycles. The molecule has 2 aromatic rings. The fourth-order valence-corrected chi connectivity index (χ4v) is 2.21. The summed E-state index contributed by atoms with van der Waals surface area (Å²) in [6.07, 6.45) is 4.30. The van der Waals surface area contributed by atoms with E-state index in [0.717, 1.165) is 35.6 Å². The van der Waals surface area contributed by atoms with Crippen LogP contribution in [0.2, 0.25) is 6.32 Å². The smallest absolute Gasteiger partial charge is 0.163 e. The van der Waals surface area contributed by atoms with Crippen molar-refractivity contribution in [3.05, 3.63) is 48.0 Å². The van der Waals surface area contributed by atoms with Crippen LogP contribution in [0.4, 0.5) is 0 Å². The topological polar surface area (TPSA) is 17.1 Å². The van der Waals surface area contributed by atoms with Gasteiger partial charge < -0.3 is 0 Å². The first kappa shape index (κ1) is 12.9. The molecule has 0 heterocycles. The zero-order valence-electron chi connectivity index (χ0n) is 10.6. The molecule has 0 amide bonds. The first-order valence-electron chi connectivity index (χ1n) is 6.54. The van der Waals surface area contributed by atoms with Gasteiger partial charge in [0.2, 0.25) is 0 Å². The number of Topliss-reactive ketones (excluding diaryl/α,β-unsaturated/α-hetero) is 1. The van der Waals surface area contributed by atoms with Crippen molar-refractivity contribution in [2.75, 3.05) is 0 Å². The molecular formula is C16H17BO. The Balaban J connectivity index is 2.13. The van der Waals surface area contributed by atoms with Gasteiger partial charge in [-0.2, -0.15) is 0 Å². The molecule has 90 valence electrons. The summed E-state index contributed by atoms with van der Waals surface area (Å²) >= 11 is 0. The molecule has 2 rings (SSSR count). The standard InChI is InChI=1S/C16H17BO/c17-12-5-1-2-11-16(18)15-10-6-8-13-7-3-4-9-14(13)15/h3-4,6-10H,1-2,5,11-12H2. The van der Waals surface area contributed by atoms with E-state index in [9.17, 15) is 4.79 Å². The van der Waals surface area contributed by atoms with Crippen molar-refractivity contribution in [1.82, 2.24) is 0 Å². The maximum atomic E-state index is 12.2. The highest BCUT2D eigenvalue weighted by Gasteiger charge is 2.08. The summed E-state index contributed by atoms with van der Waals surface area (Å²) in [5.74, 6) is 0.240. The third kappa shape index (κ3) is 3.01. The average molecular weight is 236 g/mol. The lowest BCUT2D eigenvalue weighted by atomic mass is 9.96. The first-order valence-corrected chi connectivity index (χ1v) is 6.54. The second-order valence-electron chi connectivity index (χ2n) is 4.55. The molecule has 0 fully saturated rings. The lowest BCUT2D eigenvalue weighted by molar-refractivity contribution is 0.0981. The van der Waals surface area contributed by atoms with E-state index in [2.05, 4.69) is 0 Å². The van der Waals surface area contributed by atoms with E-state index in [-0.39, 0.29) is 5.78 Å². The Morgan fingerprint density at radius 2 is 1.72 bits per heavy atom. The molecule has 0 spiro atoms. The fraction of sp³-hybridized carbons (Fsp3) is 0.312. The predicted octanol–water partition coefficient (Wildman–Crippen LogP) is 4.17. The molecule has 2 aromatic carbocycles. The van der Waals surface area contributed by atoms with Crippen LogP contribution in [0.25, 0.3) is 10.8 Å². The molecule has 2 heteroatoms. The Labute approximate surface area is 110 Å². The first-order chi connectivity index (χ1) is 8.83. The van der Waals surface area contributed by atoms with Crippen molar-refractivity contribution >= 4 is 24.4 Å². The van der Waals surface area contributed by atoms with E-state index in [0.29, 0.717) is 12.7 Å². The van der Waals surface area contributed by atoms with E-state index < -0.39 is 0 Å². The second-order valence-corrected chi connectivity index (χ2v) is 4.55. The zero-order chi connectivity index (χ0) is 12.8. The largest absolute Gasteiger partial charge is 0.294 e. The number of carbonyl (C=O) groups is 1. The number of rotatable bonds is 6. The van der Waals surface area contributed by atoms with E-state index >= 15 is 0 Å². The Morgan fingerprint density at radius 1 is 0.944 bits per heavy atom. The highest BCUT2D eigenvalue weighted by atomic mass is 16.1. The minimum absolute atomic E-state index is 0.240. The number of benzene rings is 2. The SMILES string of the molecule is [B]CCCCCC(=O)c1cccc2ccccc12. The maximum Gasteiger partial charge on any atom is 0.163 e. The van der Waals surface area contributed by atoms with Crippen LogP contribution in [0, 0.1) is 0 Å². The average Bonchev–Trinajstić information content (AvgIpc) is 2.43. The highest BCUT2D eigenvalue weighted by molar-refractivity contribution is 6.08. The quantitative estimate of drug-likeness (QED) is 0.418. The monoisotopic (exact) mass is 236 g/mol. The molecule has 0 aromatic heterocycles. The summed E-state index contributed by atoms with van der Waals surface area (Å²) in [7, 11) is 5.45. The molecule has 0 unspecified atom stereocenters. The summed E-state index contributed by atoms with van der Waals surface area (Å²) in [5.41, 5.74) is 0.848. The molecule has 0 N–H and O–H groups in total. The van der Waals surface area contributed by atoms with Gasteiger partial charge >= 0.3 is 0 Å². The van der Waals surface area contributed by atoms with Gasteiger partial charge in [-0.1, -0.05) is 61.6 Å². The number of fused-ring (bicyclic) bond motifs is 1. The third-order valence-corrected chi connectivity index (χ3v) is 3.20. The van der Waals surface area contributed by atoms with Crippen molar-refractivity contribution in [1.29, 1.82) is 0 Å². The van der Waals surface area contributed by atoms with Crippen molar-refractivity contribution in [2.45, 2.75) is 32.0 Å². The lowest BCUT2D eigenvalue weighted by Gasteiger charge is -2.05. The van der Waals surface area contributed by atoms with Crippen LogP contribution in [-0.2, 0) is 0 Å². The molecule has 1 nitrogen and oxygen atoms in total. The van der Waals surface area contributed by atoms with Crippen LogP contribution in [-0.4, -0.2) is 13.6 Å². The van der Waals surface area contributed by atoms with Gasteiger partial charge in [-0.05, 0) is 17.2 Å². The lowest BCUT2D eigenvalue weighted by Crippen LogP contribution is -1.99. The predicted molar refractivity (Wildman–Crippen MR) is 77.3 cm³/mol. The Kier molecular flexibility index (Phi) is 4.57. The van der Waals surface area contributed by atoms with Gasteiger partial charge in [0.25, 0.3) is 0 Å². The number of unbranched alkanes of at least 4 members (excludes halogenated alkanes) is 2. The minimum Gasteiger partial charge on any atom is -0.294 e. The number of hydrogen-bond acceptors (Lipinski definition) is 1. The zero-order valence-corrected chi connectivity index (χ0v) is 10.6. The van der Waals surface area contributed by atoms with Crippen molar-refractivity contribution in [2.24, 2.45) is 0 Å². The van der Waals surface area contributed by atoms with Gasteiger partial charge in [0.05, 0.1) is 7.85 Å². The molecular weight excluding hydrogens is 219 g/mol. The van der Waals surface area contributed by atoms with Crippen LogP contribution in [0.15, 0.2) is 42.5 Å². The van der Waals surface area contributed by atoms with Gasteiger partial charge in [0.1, 0.15) is 0 Å². The van der Waals surface area contributed by atoms with Crippen LogP contribution < -0.4 is 0 Å². The molecule has 0 saturated carbocycles. The van der Waals surface area contributed by atoms with Gasteiger partial charge in [-0.3, -0.25) is 4.79 Å². The van der Waals surface area contributed by atoms with Gasteiger partial charge in [-0.25, -0.2) is 0 Å². The van der Waals surface area contributed by atoms with E-state index in [1.165, 1.54) is 0 Å². The normalized spacial score (nSPS) is 10.7. The van der Waals surface area contributed by atoms with Gasteiger partial charge in [0.15, 0.2) is 5.78 Å². The van der Waals surface area contributed by atoms with Crippen molar-refractivity contribution < 1.29 is 4.79 Å². The Hall–Kier alpha value is -1.57. The Morgan fingerprint density at radius 3 is 2.56 bits per heavy atom. The maximum absolute atomic E-state index is 12.2. The number of hydrogen-bond donors (Lipinski definition) is 0. The third-order valence-electron chi connectivity index (χ3n) is 3.20. The Bertz CT molecular complexity index is 528. The van der Waals surface area contributed by atoms with Crippen LogP contribution >= 0.6 is 0 Å².